The van der Waals surface area contributed by atoms with Crippen molar-refractivity contribution in [3.63, 3.8) is 0 Å². The lowest BCUT2D eigenvalue weighted by atomic mass is 9.87. The number of aryl methyl sites for hydroxylation is 1. The topological polar surface area (TPSA) is 75.4 Å². The Labute approximate surface area is 201 Å². The Morgan fingerprint density at radius 1 is 0.912 bits per heavy atom. The van der Waals surface area contributed by atoms with Gasteiger partial charge in [0.15, 0.2) is 0 Å². The molecule has 34 heavy (non-hydrogen) atoms. The van der Waals surface area contributed by atoms with Gasteiger partial charge in [-0.05, 0) is 47.9 Å². The van der Waals surface area contributed by atoms with Gasteiger partial charge in [0.2, 0.25) is 0 Å². The summed E-state index contributed by atoms with van der Waals surface area (Å²) in [6, 6.07) is 25.5. The first-order valence-corrected chi connectivity index (χ1v) is 12.1. The van der Waals surface area contributed by atoms with Gasteiger partial charge in [-0.1, -0.05) is 93.1 Å². The second-order valence-corrected chi connectivity index (χ2v) is 9.31. The molecular formula is C29H33N3O2. The zero-order valence-corrected chi connectivity index (χ0v) is 19.9. The molecular weight excluding hydrogens is 422 g/mol. The SMILES string of the molecule is CC(C)[C@H](N)C(=O)NN1C(=O)C(CCCCc2ccccc2)c2ccccc2-c2ccccc21. The van der Waals surface area contributed by atoms with Gasteiger partial charge in [-0.3, -0.25) is 15.0 Å². The highest BCUT2D eigenvalue weighted by Crippen LogP contribution is 2.41. The molecule has 176 valence electrons. The number of benzene rings is 3. The van der Waals surface area contributed by atoms with E-state index in [-0.39, 0.29) is 23.7 Å². The van der Waals surface area contributed by atoms with E-state index in [2.05, 4.69) is 35.8 Å². The van der Waals surface area contributed by atoms with Crippen LogP contribution >= 0.6 is 0 Å². The molecule has 2 amide bonds. The van der Waals surface area contributed by atoms with E-state index in [1.807, 2.05) is 62.4 Å². The molecule has 0 saturated heterocycles. The monoisotopic (exact) mass is 455 g/mol. The van der Waals surface area contributed by atoms with Gasteiger partial charge >= 0.3 is 0 Å². The van der Waals surface area contributed by atoms with Crippen molar-refractivity contribution in [2.24, 2.45) is 11.7 Å². The highest BCUT2D eigenvalue weighted by molar-refractivity contribution is 6.06. The van der Waals surface area contributed by atoms with Gasteiger partial charge in [-0.2, -0.15) is 0 Å². The number of carbonyl (C=O) groups excluding carboxylic acids is 2. The number of nitrogens with two attached hydrogens (primary N) is 1. The van der Waals surface area contributed by atoms with Gasteiger partial charge in [-0.25, -0.2) is 5.01 Å². The van der Waals surface area contributed by atoms with Gasteiger partial charge < -0.3 is 5.73 Å². The third-order valence-corrected chi connectivity index (χ3v) is 6.58. The Balaban J connectivity index is 1.63. The van der Waals surface area contributed by atoms with E-state index in [1.165, 1.54) is 10.6 Å². The number of amides is 2. The lowest BCUT2D eigenvalue weighted by molar-refractivity contribution is -0.128. The van der Waals surface area contributed by atoms with Gasteiger partial charge in [-0.15, -0.1) is 0 Å². The first-order valence-electron chi connectivity index (χ1n) is 12.1. The highest BCUT2D eigenvalue weighted by Gasteiger charge is 2.35. The molecule has 3 aromatic rings. The maximum Gasteiger partial charge on any atom is 0.256 e. The molecule has 3 N–H and O–H groups in total. The van der Waals surface area contributed by atoms with E-state index < -0.39 is 6.04 Å². The van der Waals surface area contributed by atoms with Crippen molar-refractivity contribution in [3.05, 3.63) is 90.0 Å². The first kappa shape index (κ1) is 23.7. The zero-order valence-electron chi connectivity index (χ0n) is 19.9. The predicted octanol–water partition coefficient (Wildman–Crippen LogP) is 5.21. The van der Waals surface area contributed by atoms with Crippen LogP contribution in [0, 0.1) is 5.92 Å². The summed E-state index contributed by atoms with van der Waals surface area (Å²) < 4.78 is 0. The maximum absolute atomic E-state index is 13.9. The second kappa shape index (κ2) is 10.7. The normalized spacial score (nSPS) is 15.9. The fourth-order valence-electron chi connectivity index (χ4n) is 4.55. The molecule has 4 rings (SSSR count). The number of fused-ring (bicyclic) bond motifs is 3. The molecule has 0 saturated carbocycles. The number of para-hydroxylation sites is 1. The summed E-state index contributed by atoms with van der Waals surface area (Å²) in [6.45, 7) is 3.79. The van der Waals surface area contributed by atoms with Crippen LogP contribution in [0.1, 0.15) is 50.2 Å². The van der Waals surface area contributed by atoms with Gasteiger partial charge in [0.1, 0.15) is 0 Å². The van der Waals surface area contributed by atoms with Crippen LogP contribution in [0.4, 0.5) is 5.69 Å². The number of carbonyl (C=O) groups is 2. The lowest BCUT2D eigenvalue weighted by Crippen LogP contribution is -2.54. The Morgan fingerprint density at radius 3 is 2.29 bits per heavy atom. The summed E-state index contributed by atoms with van der Waals surface area (Å²) >= 11 is 0. The number of hydrogen-bond donors (Lipinski definition) is 2. The van der Waals surface area contributed by atoms with Crippen molar-refractivity contribution in [1.29, 1.82) is 0 Å². The van der Waals surface area contributed by atoms with Crippen molar-refractivity contribution in [2.75, 3.05) is 5.01 Å². The molecule has 0 aromatic heterocycles. The summed E-state index contributed by atoms with van der Waals surface area (Å²) in [5.41, 5.74) is 13.9. The lowest BCUT2D eigenvalue weighted by Gasteiger charge is -2.28. The molecule has 1 heterocycles. The molecule has 0 radical (unpaired) electrons. The number of unbranched alkanes of at least 4 members (excludes halogenated alkanes) is 1. The molecule has 2 atom stereocenters. The smallest absolute Gasteiger partial charge is 0.256 e. The minimum Gasteiger partial charge on any atom is -0.320 e. The van der Waals surface area contributed by atoms with E-state index in [1.54, 1.807) is 0 Å². The number of anilines is 1. The Morgan fingerprint density at radius 2 is 1.56 bits per heavy atom. The van der Waals surface area contributed by atoms with E-state index >= 15 is 0 Å². The van der Waals surface area contributed by atoms with Crippen LogP contribution in [0.2, 0.25) is 0 Å². The molecule has 0 fully saturated rings. The molecule has 5 nitrogen and oxygen atoms in total. The third-order valence-electron chi connectivity index (χ3n) is 6.58. The van der Waals surface area contributed by atoms with Crippen molar-refractivity contribution in [2.45, 2.75) is 51.5 Å². The van der Waals surface area contributed by atoms with Gasteiger partial charge in [0.05, 0.1) is 17.6 Å². The summed E-state index contributed by atoms with van der Waals surface area (Å²) in [5.74, 6) is -0.869. The number of rotatable bonds is 8. The molecule has 0 bridgehead atoms. The van der Waals surface area contributed by atoms with Crippen LogP contribution in [0.25, 0.3) is 11.1 Å². The van der Waals surface area contributed by atoms with Gasteiger partial charge in [0.25, 0.3) is 11.8 Å². The minimum atomic E-state index is -0.699. The average molecular weight is 456 g/mol. The van der Waals surface area contributed by atoms with Crippen LogP contribution in [0.15, 0.2) is 78.9 Å². The molecule has 1 aliphatic rings. The molecule has 0 aliphatic carbocycles. The molecule has 5 heteroatoms. The molecule has 0 spiro atoms. The maximum atomic E-state index is 13.9. The van der Waals surface area contributed by atoms with Gasteiger partial charge in [0, 0.05) is 5.56 Å². The highest BCUT2D eigenvalue weighted by atomic mass is 16.2. The van der Waals surface area contributed by atoms with E-state index in [0.717, 1.165) is 36.0 Å². The van der Waals surface area contributed by atoms with Crippen LogP contribution < -0.4 is 16.2 Å². The second-order valence-electron chi connectivity index (χ2n) is 9.31. The average Bonchev–Trinajstić information content (AvgIpc) is 2.95. The molecule has 3 aromatic carbocycles. The summed E-state index contributed by atoms with van der Waals surface area (Å²) in [4.78, 5) is 26.8. The Hall–Kier alpha value is -3.44. The first-order chi connectivity index (χ1) is 16.5. The Kier molecular flexibility index (Phi) is 7.43. The van der Waals surface area contributed by atoms with Crippen LogP contribution in [-0.4, -0.2) is 17.9 Å². The Bertz CT molecular complexity index is 1140. The predicted molar refractivity (Wildman–Crippen MR) is 137 cm³/mol. The number of nitrogens with one attached hydrogen (secondary N) is 1. The molecule has 1 aliphatic heterocycles. The fourth-order valence-corrected chi connectivity index (χ4v) is 4.55. The minimum absolute atomic E-state index is 0.0386. The third kappa shape index (κ3) is 5.05. The van der Waals surface area contributed by atoms with Crippen molar-refractivity contribution in [1.82, 2.24) is 5.43 Å². The van der Waals surface area contributed by atoms with Crippen LogP contribution in [-0.2, 0) is 16.0 Å². The van der Waals surface area contributed by atoms with Crippen LogP contribution in [0.5, 0.6) is 0 Å². The summed E-state index contributed by atoms with van der Waals surface area (Å²) in [6.07, 6.45) is 3.59. The van der Waals surface area contributed by atoms with E-state index in [0.29, 0.717) is 12.1 Å². The van der Waals surface area contributed by atoms with Crippen LogP contribution in [0.3, 0.4) is 0 Å². The largest absolute Gasteiger partial charge is 0.320 e. The molecule has 1 unspecified atom stereocenters. The number of nitrogens with zero attached hydrogens (tertiary/aromatic N) is 1. The number of hydrazine groups is 1. The standard InChI is InChI=1S/C29H33N3O2/c1-20(2)27(30)28(33)31-32-26-19-11-10-17-24(26)22-15-8-9-16-23(22)25(29(32)34)18-7-6-14-21-12-4-3-5-13-21/h3-5,8-13,15-17,19-20,25,27H,6-7,14,18,30H2,1-2H3,(H,31,33)/t25?,27-/m0/s1. The zero-order chi connectivity index (χ0) is 24.1. The van der Waals surface area contributed by atoms with E-state index in [9.17, 15) is 9.59 Å². The summed E-state index contributed by atoms with van der Waals surface area (Å²) in [7, 11) is 0. The van der Waals surface area contributed by atoms with Crippen molar-refractivity contribution < 1.29 is 9.59 Å². The van der Waals surface area contributed by atoms with Crippen molar-refractivity contribution in [3.8, 4) is 11.1 Å². The number of hydrogen-bond acceptors (Lipinski definition) is 3. The summed E-state index contributed by atoms with van der Waals surface area (Å²) in [5, 5.41) is 1.43. The quantitative estimate of drug-likeness (QED) is 0.458. The van der Waals surface area contributed by atoms with E-state index in [4.69, 9.17) is 5.73 Å². The van der Waals surface area contributed by atoms with Crippen molar-refractivity contribution >= 4 is 17.5 Å². The fraction of sp³-hybridized carbons (Fsp3) is 0.310.